The SMILES string of the molecule is Cc1nnnn1-c1ccc(CC(=O)N2CC[C@@]34OCCN3C(=O)C[C@@H]24)cc1. The van der Waals surface area contributed by atoms with Crippen LogP contribution in [0.2, 0.25) is 0 Å². The summed E-state index contributed by atoms with van der Waals surface area (Å²) in [6.07, 6.45) is 1.37. The van der Waals surface area contributed by atoms with Crippen LogP contribution in [-0.2, 0) is 20.7 Å². The van der Waals surface area contributed by atoms with Crippen LogP contribution in [0.15, 0.2) is 24.3 Å². The van der Waals surface area contributed by atoms with Gasteiger partial charge in [0.05, 0.1) is 31.2 Å². The minimum absolute atomic E-state index is 0.0355. The molecule has 0 N–H and O–H groups in total. The number of nitrogens with zero attached hydrogens (tertiary/aromatic N) is 6. The van der Waals surface area contributed by atoms with Gasteiger partial charge in [-0.15, -0.1) is 5.10 Å². The van der Waals surface area contributed by atoms with Crippen molar-refractivity contribution >= 4 is 11.8 Å². The van der Waals surface area contributed by atoms with Crippen molar-refractivity contribution in [1.29, 1.82) is 0 Å². The van der Waals surface area contributed by atoms with E-state index in [-0.39, 0.29) is 17.9 Å². The highest BCUT2D eigenvalue weighted by Gasteiger charge is 2.62. The molecule has 2 aromatic rings. The minimum Gasteiger partial charge on any atom is -0.351 e. The summed E-state index contributed by atoms with van der Waals surface area (Å²) in [7, 11) is 0. The monoisotopic (exact) mass is 368 g/mol. The first-order valence-electron chi connectivity index (χ1n) is 9.17. The number of hydrogen-bond acceptors (Lipinski definition) is 6. The minimum atomic E-state index is -0.575. The number of aryl methyl sites for hydroxylation is 1. The van der Waals surface area contributed by atoms with Crippen LogP contribution in [0.5, 0.6) is 0 Å². The second kappa shape index (κ2) is 5.85. The summed E-state index contributed by atoms with van der Waals surface area (Å²) in [6, 6.07) is 7.47. The highest BCUT2D eigenvalue weighted by atomic mass is 16.5. The number of aromatic nitrogens is 4. The topological polar surface area (TPSA) is 93.4 Å². The molecule has 2 atom stereocenters. The van der Waals surface area contributed by atoms with Gasteiger partial charge in [-0.05, 0) is 35.0 Å². The van der Waals surface area contributed by atoms with Crippen LogP contribution in [-0.4, -0.2) is 73.3 Å². The fraction of sp³-hybridized carbons (Fsp3) is 0.500. The third kappa shape index (κ3) is 2.38. The molecule has 4 heterocycles. The zero-order valence-electron chi connectivity index (χ0n) is 15.0. The molecule has 0 unspecified atom stereocenters. The Kier molecular flexibility index (Phi) is 3.55. The summed E-state index contributed by atoms with van der Waals surface area (Å²) >= 11 is 0. The quantitative estimate of drug-likeness (QED) is 0.761. The molecule has 3 saturated heterocycles. The number of ether oxygens (including phenoxy) is 1. The lowest BCUT2D eigenvalue weighted by Crippen LogP contribution is -2.49. The van der Waals surface area contributed by atoms with Gasteiger partial charge in [-0.25, -0.2) is 0 Å². The molecule has 1 aromatic heterocycles. The summed E-state index contributed by atoms with van der Waals surface area (Å²) in [5.41, 5.74) is 1.20. The maximum Gasteiger partial charge on any atom is 0.227 e. The van der Waals surface area contributed by atoms with Gasteiger partial charge in [0, 0.05) is 19.5 Å². The Morgan fingerprint density at radius 2 is 2.11 bits per heavy atom. The van der Waals surface area contributed by atoms with Crippen LogP contribution < -0.4 is 0 Å². The van der Waals surface area contributed by atoms with E-state index in [0.717, 1.165) is 11.3 Å². The van der Waals surface area contributed by atoms with Crippen molar-refractivity contribution in [3.8, 4) is 5.69 Å². The third-order valence-electron chi connectivity index (χ3n) is 5.88. The summed E-state index contributed by atoms with van der Waals surface area (Å²) in [5.74, 6) is 0.831. The predicted molar refractivity (Wildman–Crippen MR) is 92.7 cm³/mol. The number of hydrogen-bond donors (Lipinski definition) is 0. The van der Waals surface area contributed by atoms with Crippen molar-refractivity contribution in [2.24, 2.45) is 0 Å². The number of rotatable bonds is 3. The van der Waals surface area contributed by atoms with E-state index in [0.29, 0.717) is 44.8 Å². The molecule has 0 aliphatic carbocycles. The predicted octanol–water partition coefficient (Wildman–Crippen LogP) is 0.0729. The van der Waals surface area contributed by atoms with Crippen molar-refractivity contribution in [1.82, 2.24) is 30.0 Å². The van der Waals surface area contributed by atoms with Crippen LogP contribution in [0, 0.1) is 6.92 Å². The first-order valence-corrected chi connectivity index (χ1v) is 9.17. The fourth-order valence-electron chi connectivity index (χ4n) is 4.59. The van der Waals surface area contributed by atoms with Crippen molar-refractivity contribution in [3.05, 3.63) is 35.7 Å². The third-order valence-corrected chi connectivity index (χ3v) is 5.88. The van der Waals surface area contributed by atoms with Crippen LogP contribution >= 0.6 is 0 Å². The van der Waals surface area contributed by atoms with Gasteiger partial charge < -0.3 is 14.5 Å². The maximum atomic E-state index is 12.9. The Morgan fingerprint density at radius 1 is 1.30 bits per heavy atom. The Bertz CT molecular complexity index is 910. The number of tetrazole rings is 1. The number of likely N-dealkylation sites (tertiary alicyclic amines) is 1. The Morgan fingerprint density at radius 3 is 2.85 bits per heavy atom. The Hall–Kier alpha value is -2.81. The van der Waals surface area contributed by atoms with Crippen LogP contribution in [0.3, 0.4) is 0 Å². The van der Waals surface area contributed by atoms with E-state index in [9.17, 15) is 9.59 Å². The average Bonchev–Trinajstić information content (AvgIpc) is 3.39. The van der Waals surface area contributed by atoms with Crippen molar-refractivity contribution in [3.63, 3.8) is 0 Å². The normalized spacial score (nSPS) is 26.6. The number of carbonyl (C=O) groups excluding carboxylic acids is 2. The first kappa shape index (κ1) is 16.4. The highest BCUT2D eigenvalue weighted by Crippen LogP contribution is 2.45. The Balaban J connectivity index is 1.31. The van der Waals surface area contributed by atoms with E-state index < -0.39 is 5.72 Å². The molecule has 3 aliphatic rings. The molecule has 1 spiro atoms. The van der Waals surface area contributed by atoms with Gasteiger partial charge >= 0.3 is 0 Å². The smallest absolute Gasteiger partial charge is 0.227 e. The Labute approximate surface area is 155 Å². The van der Waals surface area contributed by atoms with Crippen LogP contribution in [0.25, 0.3) is 5.69 Å². The van der Waals surface area contributed by atoms with Crippen molar-refractivity contribution in [2.75, 3.05) is 19.7 Å². The van der Waals surface area contributed by atoms with E-state index in [4.69, 9.17) is 4.74 Å². The molecule has 3 fully saturated rings. The maximum absolute atomic E-state index is 12.9. The van der Waals surface area contributed by atoms with Gasteiger partial charge in [0.2, 0.25) is 11.8 Å². The molecule has 140 valence electrons. The molecule has 27 heavy (non-hydrogen) atoms. The molecule has 0 bridgehead atoms. The summed E-state index contributed by atoms with van der Waals surface area (Å²) in [5, 5.41) is 11.5. The molecular formula is C18H20N6O3. The second-order valence-electron chi connectivity index (χ2n) is 7.28. The van der Waals surface area contributed by atoms with Gasteiger partial charge in [-0.3, -0.25) is 9.59 Å². The van der Waals surface area contributed by atoms with Crippen LogP contribution in [0.1, 0.15) is 24.2 Å². The van der Waals surface area contributed by atoms with E-state index in [1.807, 2.05) is 41.0 Å². The summed E-state index contributed by atoms with van der Waals surface area (Å²) in [4.78, 5) is 28.8. The second-order valence-corrected chi connectivity index (χ2v) is 7.28. The molecule has 3 aliphatic heterocycles. The van der Waals surface area contributed by atoms with Gasteiger partial charge in [-0.2, -0.15) is 4.68 Å². The molecule has 1 aromatic carbocycles. The van der Waals surface area contributed by atoms with E-state index >= 15 is 0 Å². The lowest BCUT2D eigenvalue weighted by molar-refractivity contribution is -0.139. The molecule has 9 nitrogen and oxygen atoms in total. The van der Waals surface area contributed by atoms with Crippen molar-refractivity contribution in [2.45, 2.75) is 38.0 Å². The lowest BCUT2D eigenvalue weighted by Gasteiger charge is -2.31. The first-order chi connectivity index (χ1) is 13.1. The van der Waals surface area contributed by atoms with Gasteiger partial charge in [0.15, 0.2) is 11.5 Å². The van der Waals surface area contributed by atoms with Gasteiger partial charge in [0.25, 0.3) is 0 Å². The zero-order valence-corrected chi connectivity index (χ0v) is 15.0. The van der Waals surface area contributed by atoms with Gasteiger partial charge in [0.1, 0.15) is 0 Å². The lowest BCUT2D eigenvalue weighted by atomic mass is 10.1. The summed E-state index contributed by atoms with van der Waals surface area (Å²) < 4.78 is 7.59. The van der Waals surface area contributed by atoms with Gasteiger partial charge in [-0.1, -0.05) is 12.1 Å². The van der Waals surface area contributed by atoms with E-state index in [1.165, 1.54) is 0 Å². The molecule has 9 heteroatoms. The van der Waals surface area contributed by atoms with Crippen LogP contribution in [0.4, 0.5) is 0 Å². The summed E-state index contributed by atoms with van der Waals surface area (Å²) in [6.45, 7) is 3.66. The number of benzene rings is 1. The number of amides is 2. The van der Waals surface area contributed by atoms with E-state index in [2.05, 4.69) is 15.5 Å². The molecular weight excluding hydrogens is 348 g/mol. The fourth-order valence-corrected chi connectivity index (χ4v) is 4.59. The number of carbonyl (C=O) groups is 2. The van der Waals surface area contributed by atoms with Crippen molar-refractivity contribution < 1.29 is 14.3 Å². The van der Waals surface area contributed by atoms with E-state index in [1.54, 1.807) is 4.68 Å². The molecule has 5 rings (SSSR count). The molecule has 0 saturated carbocycles. The molecule has 2 amide bonds. The largest absolute Gasteiger partial charge is 0.351 e. The standard InChI is InChI=1S/C18H20N6O3/c1-12-19-20-21-24(12)14-4-2-13(3-5-14)10-16(25)22-7-6-18-15(22)11-17(26)23(18)8-9-27-18/h2-5,15H,6-11H2,1H3/t15-,18+/m1/s1. The molecule has 0 radical (unpaired) electrons. The highest BCUT2D eigenvalue weighted by molar-refractivity contribution is 5.85. The zero-order chi connectivity index (χ0) is 18.6. The average molecular weight is 368 g/mol.